The Hall–Kier alpha value is -2.80. The summed E-state index contributed by atoms with van der Waals surface area (Å²) < 4.78 is 0. The third-order valence-corrected chi connectivity index (χ3v) is 3.20. The molecule has 0 aliphatic carbocycles. The lowest BCUT2D eigenvalue weighted by molar-refractivity contribution is -0.117. The van der Waals surface area contributed by atoms with Crippen LogP contribution in [-0.4, -0.2) is 17.6 Å². The fourth-order valence-electron chi connectivity index (χ4n) is 2.13. The number of phenols is 1. The highest BCUT2D eigenvalue weighted by Crippen LogP contribution is 2.20. The monoisotopic (exact) mass is 280 g/mol. The number of nitrogens with zero attached hydrogens (tertiary/aromatic N) is 2. The van der Waals surface area contributed by atoms with E-state index < -0.39 is 0 Å². The van der Waals surface area contributed by atoms with Crippen LogP contribution in [0.25, 0.3) is 0 Å². The molecular weight excluding hydrogens is 264 g/mol. The first-order valence-electron chi connectivity index (χ1n) is 6.72. The van der Waals surface area contributed by atoms with Crippen molar-refractivity contribution in [1.82, 2.24) is 0 Å². The number of amides is 1. The van der Waals surface area contributed by atoms with Gasteiger partial charge in [-0.1, -0.05) is 18.2 Å². The summed E-state index contributed by atoms with van der Waals surface area (Å²) in [6.07, 6.45) is 0.259. The van der Waals surface area contributed by atoms with Crippen LogP contribution in [0.1, 0.15) is 18.1 Å². The lowest BCUT2D eigenvalue weighted by Crippen LogP contribution is -2.31. The summed E-state index contributed by atoms with van der Waals surface area (Å²) >= 11 is 0. The van der Waals surface area contributed by atoms with Gasteiger partial charge in [0.2, 0.25) is 5.91 Å². The van der Waals surface area contributed by atoms with E-state index in [4.69, 9.17) is 5.26 Å². The standard InChI is InChI=1S/C17H16N2O2/c1-2-19(15-4-3-5-16(20)11-15)17(21)10-13-6-8-14(12-18)9-7-13/h3-9,11,20H,2,10H2,1H3. The second kappa shape index (κ2) is 6.58. The van der Waals surface area contributed by atoms with E-state index in [1.165, 1.54) is 0 Å². The quantitative estimate of drug-likeness (QED) is 0.936. The number of aromatic hydroxyl groups is 1. The van der Waals surface area contributed by atoms with Gasteiger partial charge in [-0.3, -0.25) is 4.79 Å². The summed E-state index contributed by atoms with van der Waals surface area (Å²) in [6, 6.07) is 15.7. The minimum atomic E-state index is -0.0483. The Balaban J connectivity index is 2.15. The fourth-order valence-corrected chi connectivity index (χ4v) is 2.13. The Morgan fingerprint density at radius 2 is 1.95 bits per heavy atom. The number of hydrogen-bond donors (Lipinski definition) is 1. The minimum absolute atomic E-state index is 0.0483. The summed E-state index contributed by atoms with van der Waals surface area (Å²) in [4.78, 5) is 14.0. The first-order valence-corrected chi connectivity index (χ1v) is 6.72. The Labute approximate surface area is 123 Å². The minimum Gasteiger partial charge on any atom is -0.508 e. The number of rotatable bonds is 4. The van der Waals surface area contributed by atoms with E-state index in [0.29, 0.717) is 17.8 Å². The number of carbonyl (C=O) groups is 1. The van der Waals surface area contributed by atoms with Crippen LogP contribution >= 0.6 is 0 Å². The van der Waals surface area contributed by atoms with Gasteiger partial charge in [0.15, 0.2) is 0 Å². The molecule has 0 unspecified atom stereocenters. The molecule has 0 saturated heterocycles. The SMILES string of the molecule is CCN(C(=O)Cc1ccc(C#N)cc1)c1cccc(O)c1. The van der Waals surface area contributed by atoms with E-state index in [1.807, 2.05) is 6.92 Å². The van der Waals surface area contributed by atoms with Crippen LogP contribution in [0.15, 0.2) is 48.5 Å². The third-order valence-electron chi connectivity index (χ3n) is 3.20. The van der Waals surface area contributed by atoms with E-state index in [0.717, 1.165) is 5.56 Å². The van der Waals surface area contributed by atoms with Crippen molar-refractivity contribution in [3.63, 3.8) is 0 Å². The number of likely N-dealkylation sites (N-methyl/N-ethyl adjacent to an activating group) is 1. The molecule has 0 bridgehead atoms. The van der Waals surface area contributed by atoms with Crippen LogP contribution < -0.4 is 4.90 Å². The zero-order valence-corrected chi connectivity index (χ0v) is 11.8. The molecule has 21 heavy (non-hydrogen) atoms. The average molecular weight is 280 g/mol. The maximum atomic E-state index is 12.4. The second-order valence-electron chi connectivity index (χ2n) is 4.64. The second-order valence-corrected chi connectivity index (χ2v) is 4.64. The van der Waals surface area contributed by atoms with Crippen LogP contribution in [0.2, 0.25) is 0 Å². The maximum Gasteiger partial charge on any atom is 0.231 e. The fraction of sp³-hybridized carbons (Fsp3) is 0.176. The smallest absolute Gasteiger partial charge is 0.231 e. The van der Waals surface area contributed by atoms with Crippen molar-refractivity contribution < 1.29 is 9.90 Å². The lowest BCUT2D eigenvalue weighted by atomic mass is 10.1. The van der Waals surface area contributed by atoms with Crippen molar-refractivity contribution >= 4 is 11.6 Å². The zero-order valence-electron chi connectivity index (χ0n) is 11.8. The predicted molar refractivity (Wildman–Crippen MR) is 81.0 cm³/mol. The molecule has 106 valence electrons. The van der Waals surface area contributed by atoms with Gasteiger partial charge in [0.25, 0.3) is 0 Å². The van der Waals surface area contributed by atoms with Crippen molar-refractivity contribution in [1.29, 1.82) is 5.26 Å². The highest BCUT2D eigenvalue weighted by molar-refractivity contribution is 5.94. The molecule has 2 aromatic carbocycles. The molecule has 0 aromatic heterocycles. The summed E-state index contributed by atoms with van der Waals surface area (Å²) in [5.41, 5.74) is 2.11. The van der Waals surface area contributed by atoms with Crippen LogP contribution in [0.5, 0.6) is 5.75 Å². The summed E-state index contributed by atoms with van der Waals surface area (Å²) in [6.45, 7) is 2.42. The summed E-state index contributed by atoms with van der Waals surface area (Å²) in [5, 5.41) is 18.3. The third kappa shape index (κ3) is 3.61. The average Bonchev–Trinajstić information content (AvgIpc) is 2.49. The van der Waals surface area contributed by atoms with Gasteiger partial charge in [-0.25, -0.2) is 0 Å². The maximum absolute atomic E-state index is 12.4. The van der Waals surface area contributed by atoms with Gasteiger partial charge in [0.1, 0.15) is 5.75 Å². The topological polar surface area (TPSA) is 64.3 Å². The number of benzene rings is 2. The molecule has 0 aliphatic heterocycles. The number of carbonyl (C=O) groups excluding carboxylic acids is 1. The normalized spacial score (nSPS) is 9.90. The lowest BCUT2D eigenvalue weighted by Gasteiger charge is -2.21. The van der Waals surface area contributed by atoms with Crippen LogP contribution in [0, 0.1) is 11.3 Å². The molecule has 0 fully saturated rings. The van der Waals surface area contributed by atoms with Gasteiger partial charge in [0, 0.05) is 18.3 Å². The Kier molecular flexibility index (Phi) is 4.57. The summed E-state index contributed by atoms with van der Waals surface area (Å²) in [7, 11) is 0. The van der Waals surface area contributed by atoms with Gasteiger partial charge in [-0.05, 0) is 36.8 Å². The Morgan fingerprint density at radius 1 is 1.24 bits per heavy atom. The number of phenolic OH excluding ortho intramolecular Hbond substituents is 1. The highest BCUT2D eigenvalue weighted by Gasteiger charge is 2.14. The van der Waals surface area contributed by atoms with E-state index in [9.17, 15) is 9.90 Å². The van der Waals surface area contributed by atoms with Crippen molar-refractivity contribution in [2.45, 2.75) is 13.3 Å². The molecule has 1 N–H and O–H groups in total. The van der Waals surface area contributed by atoms with E-state index in [1.54, 1.807) is 53.4 Å². The van der Waals surface area contributed by atoms with E-state index in [-0.39, 0.29) is 18.1 Å². The predicted octanol–water partition coefficient (Wildman–Crippen LogP) is 2.86. The van der Waals surface area contributed by atoms with Gasteiger partial charge in [0.05, 0.1) is 18.1 Å². The molecular formula is C17H16N2O2. The van der Waals surface area contributed by atoms with Crippen molar-refractivity contribution in [3.05, 3.63) is 59.7 Å². The van der Waals surface area contributed by atoms with Gasteiger partial charge >= 0.3 is 0 Å². The largest absolute Gasteiger partial charge is 0.508 e. The molecule has 0 aliphatic rings. The molecule has 2 rings (SSSR count). The number of hydrogen-bond acceptors (Lipinski definition) is 3. The number of nitriles is 1. The molecule has 0 heterocycles. The van der Waals surface area contributed by atoms with Gasteiger partial charge < -0.3 is 10.0 Å². The molecule has 0 atom stereocenters. The Morgan fingerprint density at radius 3 is 2.52 bits per heavy atom. The van der Waals surface area contributed by atoms with Crippen LogP contribution in [0.4, 0.5) is 5.69 Å². The molecule has 1 amide bonds. The van der Waals surface area contributed by atoms with Gasteiger partial charge in [-0.15, -0.1) is 0 Å². The van der Waals surface area contributed by atoms with Gasteiger partial charge in [-0.2, -0.15) is 5.26 Å². The zero-order chi connectivity index (χ0) is 15.2. The van der Waals surface area contributed by atoms with Crippen LogP contribution in [0.3, 0.4) is 0 Å². The first-order chi connectivity index (χ1) is 10.1. The van der Waals surface area contributed by atoms with E-state index >= 15 is 0 Å². The summed E-state index contributed by atoms with van der Waals surface area (Å²) in [5.74, 6) is 0.0879. The van der Waals surface area contributed by atoms with Crippen molar-refractivity contribution in [2.75, 3.05) is 11.4 Å². The van der Waals surface area contributed by atoms with Crippen molar-refractivity contribution in [3.8, 4) is 11.8 Å². The first kappa shape index (κ1) is 14.6. The van der Waals surface area contributed by atoms with E-state index in [2.05, 4.69) is 6.07 Å². The molecule has 0 saturated carbocycles. The molecule has 4 heteroatoms. The number of anilines is 1. The molecule has 4 nitrogen and oxygen atoms in total. The van der Waals surface area contributed by atoms with Crippen molar-refractivity contribution in [2.24, 2.45) is 0 Å². The molecule has 0 radical (unpaired) electrons. The van der Waals surface area contributed by atoms with Crippen LogP contribution in [-0.2, 0) is 11.2 Å². The Bertz CT molecular complexity index is 672. The molecule has 0 spiro atoms. The molecule has 2 aromatic rings. The highest BCUT2D eigenvalue weighted by atomic mass is 16.3.